The third-order valence-electron chi connectivity index (χ3n) is 2.63. The summed E-state index contributed by atoms with van der Waals surface area (Å²) < 4.78 is 1.15. The van der Waals surface area contributed by atoms with E-state index >= 15 is 0 Å². The highest BCUT2D eigenvalue weighted by molar-refractivity contribution is 7.15. The summed E-state index contributed by atoms with van der Waals surface area (Å²) in [7, 11) is 1.47. The van der Waals surface area contributed by atoms with E-state index in [1.165, 1.54) is 24.6 Å². The number of anilines is 1. The van der Waals surface area contributed by atoms with Crippen molar-refractivity contribution in [2.24, 2.45) is 7.05 Å². The number of hydrogen-bond donors (Lipinski definition) is 2. The Morgan fingerprint density at radius 1 is 1.42 bits per heavy atom. The van der Waals surface area contributed by atoms with Crippen molar-refractivity contribution in [3.8, 4) is 0 Å². The molecule has 2 heterocycles. The lowest BCUT2D eigenvalue weighted by molar-refractivity contribution is 0.0680. The summed E-state index contributed by atoms with van der Waals surface area (Å²) in [6.07, 6.45) is 1.23. The molecule has 0 aliphatic rings. The van der Waals surface area contributed by atoms with Crippen LogP contribution in [0.15, 0.2) is 6.20 Å². The molecule has 0 aromatic carbocycles. The molecule has 0 spiro atoms. The van der Waals surface area contributed by atoms with Crippen LogP contribution in [0.2, 0.25) is 0 Å². The Morgan fingerprint density at radius 3 is 2.63 bits per heavy atom. The van der Waals surface area contributed by atoms with Crippen molar-refractivity contribution in [1.29, 1.82) is 0 Å². The smallest absolute Gasteiger partial charge is 0.354 e. The second kappa shape index (κ2) is 4.81. The van der Waals surface area contributed by atoms with E-state index in [2.05, 4.69) is 15.4 Å². The van der Waals surface area contributed by atoms with Crippen LogP contribution in [0.5, 0.6) is 0 Å². The lowest BCUT2D eigenvalue weighted by atomic mass is 10.2. The van der Waals surface area contributed by atoms with E-state index in [9.17, 15) is 9.59 Å². The third kappa shape index (κ3) is 2.48. The van der Waals surface area contributed by atoms with Crippen LogP contribution in [-0.4, -0.2) is 31.7 Å². The van der Waals surface area contributed by atoms with Crippen LogP contribution >= 0.6 is 11.3 Å². The number of aryl methyl sites for hydroxylation is 3. The van der Waals surface area contributed by atoms with Crippen LogP contribution in [0.4, 0.5) is 5.13 Å². The normalized spacial score (nSPS) is 10.5. The molecule has 2 N–H and O–H groups in total. The first-order chi connectivity index (χ1) is 8.90. The predicted octanol–water partition coefficient (Wildman–Crippen LogP) is 1.44. The molecule has 2 aromatic rings. The molecule has 1 amide bonds. The highest BCUT2D eigenvalue weighted by Crippen LogP contribution is 2.22. The highest BCUT2D eigenvalue weighted by Gasteiger charge is 2.22. The van der Waals surface area contributed by atoms with Crippen molar-refractivity contribution in [1.82, 2.24) is 14.8 Å². The number of carbonyl (C=O) groups excluding carboxylic acids is 1. The molecular weight excluding hydrogens is 268 g/mol. The zero-order valence-corrected chi connectivity index (χ0v) is 11.4. The van der Waals surface area contributed by atoms with E-state index in [4.69, 9.17) is 5.11 Å². The first-order valence-corrected chi connectivity index (χ1v) is 6.22. The Morgan fingerprint density at radius 2 is 2.11 bits per heavy atom. The molecule has 0 fully saturated rings. The summed E-state index contributed by atoms with van der Waals surface area (Å²) in [4.78, 5) is 28.2. The van der Waals surface area contributed by atoms with Crippen molar-refractivity contribution in [3.63, 3.8) is 0 Å². The number of carboxylic acid groups (broad SMARTS) is 1. The van der Waals surface area contributed by atoms with E-state index in [1.807, 2.05) is 13.8 Å². The maximum absolute atomic E-state index is 12.0. The molecule has 19 heavy (non-hydrogen) atoms. The lowest BCUT2D eigenvalue weighted by Gasteiger charge is -2.01. The van der Waals surface area contributed by atoms with Crippen LogP contribution in [0.3, 0.4) is 0 Å². The first kappa shape index (κ1) is 13.2. The van der Waals surface area contributed by atoms with E-state index in [-0.39, 0.29) is 11.3 Å². The van der Waals surface area contributed by atoms with Crippen LogP contribution in [0, 0.1) is 13.8 Å². The Bertz CT molecular complexity index is 639. The van der Waals surface area contributed by atoms with Crippen LogP contribution in [0.25, 0.3) is 0 Å². The van der Waals surface area contributed by atoms with E-state index in [1.54, 1.807) is 0 Å². The number of thiazole rings is 1. The molecule has 2 rings (SSSR count). The largest absolute Gasteiger partial charge is 0.477 e. The molecular formula is C11H12N4O3S. The van der Waals surface area contributed by atoms with Crippen molar-refractivity contribution in [2.75, 3.05) is 5.32 Å². The van der Waals surface area contributed by atoms with Crippen molar-refractivity contribution < 1.29 is 14.7 Å². The number of carbonyl (C=O) groups is 2. The maximum Gasteiger partial charge on any atom is 0.354 e. The van der Waals surface area contributed by atoms with Crippen molar-refractivity contribution in [3.05, 3.63) is 28.0 Å². The summed E-state index contributed by atoms with van der Waals surface area (Å²) in [5.74, 6) is -1.73. The summed E-state index contributed by atoms with van der Waals surface area (Å²) in [5, 5.41) is 15.9. The van der Waals surface area contributed by atoms with Gasteiger partial charge in [-0.25, -0.2) is 9.78 Å². The second-order valence-corrected chi connectivity index (χ2v) is 5.15. The summed E-state index contributed by atoms with van der Waals surface area (Å²) in [6.45, 7) is 3.74. The van der Waals surface area contributed by atoms with Gasteiger partial charge in [-0.1, -0.05) is 0 Å². The fourth-order valence-electron chi connectivity index (χ4n) is 1.55. The minimum Gasteiger partial charge on any atom is -0.477 e. The maximum atomic E-state index is 12.0. The van der Waals surface area contributed by atoms with Crippen LogP contribution in [-0.2, 0) is 7.05 Å². The minimum atomic E-state index is -1.20. The Labute approximate surface area is 112 Å². The van der Waals surface area contributed by atoms with E-state index in [0.29, 0.717) is 5.13 Å². The number of carboxylic acids is 1. The second-order valence-electron chi connectivity index (χ2n) is 3.95. The average Bonchev–Trinajstić information content (AvgIpc) is 2.83. The van der Waals surface area contributed by atoms with Gasteiger partial charge in [0.1, 0.15) is 0 Å². The standard InChI is InChI=1S/C11H12N4O3S/c1-5-6(2)19-11(13-5)14-9(16)7-4-12-15(3)8(7)10(17)18/h4H,1-3H3,(H,17,18)(H,13,14,16). The fraction of sp³-hybridized carbons (Fsp3) is 0.273. The highest BCUT2D eigenvalue weighted by atomic mass is 32.1. The number of amides is 1. The molecule has 100 valence electrons. The summed E-state index contributed by atoms with van der Waals surface area (Å²) in [6, 6.07) is 0. The number of nitrogens with one attached hydrogen (secondary N) is 1. The van der Waals surface area contributed by atoms with Gasteiger partial charge in [-0.05, 0) is 13.8 Å². The van der Waals surface area contributed by atoms with Gasteiger partial charge < -0.3 is 5.11 Å². The minimum absolute atomic E-state index is 0.0144. The van der Waals surface area contributed by atoms with Crippen LogP contribution < -0.4 is 5.32 Å². The lowest BCUT2D eigenvalue weighted by Crippen LogP contribution is -2.17. The zero-order chi connectivity index (χ0) is 14.2. The first-order valence-electron chi connectivity index (χ1n) is 5.41. The molecule has 0 unspecified atom stereocenters. The SMILES string of the molecule is Cc1nc(NC(=O)c2cnn(C)c2C(=O)O)sc1C. The van der Waals surface area contributed by atoms with Gasteiger partial charge in [-0.2, -0.15) is 5.10 Å². The zero-order valence-electron chi connectivity index (χ0n) is 10.6. The van der Waals surface area contributed by atoms with Crippen LogP contribution in [0.1, 0.15) is 31.4 Å². The van der Waals surface area contributed by atoms with Gasteiger partial charge in [0.05, 0.1) is 17.5 Å². The quantitative estimate of drug-likeness (QED) is 0.886. The van der Waals surface area contributed by atoms with Gasteiger partial charge in [-0.3, -0.25) is 14.8 Å². The van der Waals surface area contributed by atoms with Gasteiger partial charge in [-0.15, -0.1) is 11.3 Å². The molecule has 2 aromatic heterocycles. The van der Waals surface area contributed by atoms with Gasteiger partial charge in [0.2, 0.25) is 0 Å². The summed E-state index contributed by atoms with van der Waals surface area (Å²) in [5.41, 5.74) is 0.702. The third-order valence-corrected chi connectivity index (χ3v) is 3.62. The molecule has 0 saturated heterocycles. The molecule has 8 heteroatoms. The molecule has 0 saturated carbocycles. The monoisotopic (exact) mass is 280 g/mol. The molecule has 0 atom stereocenters. The van der Waals surface area contributed by atoms with E-state index in [0.717, 1.165) is 15.3 Å². The molecule has 0 bridgehead atoms. The average molecular weight is 280 g/mol. The number of hydrogen-bond acceptors (Lipinski definition) is 5. The van der Waals surface area contributed by atoms with Gasteiger partial charge in [0, 0.05) is 11.9 Å². The number of aromatic carboxylic acids is 1. The molecule has 7 nitrogen and oxygen atoms in total. The number of aromatic nitrogens is 3. The van der Waals surface area contributed by atoms with Gasteiger partial charge in [0.15, 0.2) is 10.8 Å². The number of rotatable bonds is 3. The molecule has 0 radical (unpaired) electrons. The van der Waals surface area contributed by atoms with Crippen molar-refractivity contribution >= 4 is 28.3 Å². The Kier molecular flexibility index (Phi) is 3.34. The molecule has 0 aliphatic carbocycles. The van der Waals surface area contributed by atoms with Crippen molar-refractivity contribution in [2.45, 2.75) is 13.8 Å². The Balaban J connectivity index is 2.28. The predicted molar refractivity (Wildman–Crippen MR) is 69.7 cm³/mol. The molecule has 0 aliphatic heterocycles. The fourth-order valence-corrected chi connectivity index (χ4v) is 2.36. The van der Waals surface area contributed by atoms with Gasteiger partial charge in [0.25, 0.3) is 5.91 Å². The van der Waals surface area contributed by atoms with Gasteiger partial charge >= 0.3 is 5.97 Å². The van der Waals surface area contributed by atoms with E-state index < -0.39 is 11.9 Å². The Hall–Kier alpha value is -2.22. The topological polar surface area (TPSA) is 97.1 Å². The number of nitrogens with zero attached hydrogens (tertiary/aromatic N) is 3. The summed E-state index contributed by atoms with van der Waals surface area (Å²) >= 11 is 1.34.